The lowest BCUT2D eigenvalue weighted by Crippen LogP contribution is -2.06. The highest BCUT2D eigenvalue weighted by molar-refractivity contribution is 5.75. The Morgan fingerprint density at radius 3 is 1.96 bits per heavy atom. The molecular formula is C20H38FN3O. The molecule has 2 rings (SSSR count). The lowest BCUT2D eigenvalue weighted by molar-refractivity contribution is -0.115. The molecule has 0 aliphatic carbocycles. The van der Waals surface area contributed by atoms with Crippen LogP contribution in [0, 0.1) is 5.82 Å². The van der Waals surface area contributed by atoms with E-state index in [0.29, 0.717) is 11.6 Å². The molecule has 0 spiro atoms. The number of carbonyl (C=O) groups excluding carboxylic acids is 1. The molecule has 146 valence electrons. The molecule has 0 aliphatic heterocycles. The van der Waals surface area contributed by atoms with Crippen molar-refractivity contribution in [3.05, 3.63) is 30.3 Å². The van der Waals surface area contributed by atoms with Crippen molar-refractivity contribution in [2.45, 2.75) is 67.9 Å². The van der Waals surface area contributed by atoms with Crippen LogP contribution >= 0.6 is 0 Å². The van der Waals surface area contributed by atoms with Gasteiger partial charge in [0.25, 0.3) is 0 Å². The van der Waals surface area contributed by atoms with Gasteiger partial charge in [-0.1, -0.05) is 54.0 Å². The van der Waals surface area contributed by atoms with Gasteiger partial charge in [-0.05, 0) is 26.0 Å². The van der Waals surface area contributed by atoms with E-state index in [0.717, 1.165) is 11.9 Å². The van der Waals surface area contributed by atoms with Crippen molar-refractivity contribution in [3.63, 3.8) is 0 Å². The van der Waals surface area contributed by atoms with E-state index < -0.39 is 0 Å². The normalized spacial score (nSPS) is 8.48. The predicted molar refractivity (Wildman–Crippen MR) is 108 cm³/mol. The predicted octanol–water partition coefficient (Wildman–Crippen LogP) is 5.93. The molecule has 25 heavy (non-hydrogen) atoms. The fraction of sp³-hybridized carbons (Fsp3) is 0.600. The van der Waals surface area contributed by atoms with Gasteiger partial charge in [0, 0.05) is 20.1 Å². The van der Waals surface area contributed by atoms with Gasteiger partial charge >= 0.3 is 0 Å². The third-order valence-electron chi connectivity index (χ3n) is 2.32. The summed E-state index contributed by atoms with van der Waals surface area (Å²) in [4.78, 5) is 14.9. The first kappa shape index (κ1) is 27.9. The van der Waals surface area contributed by atoms with Crippen molar-refractivity contribution in [2.24, 2.45) is 0 Å². The zero-order valence-electron chi connectivity index (χ0n) is 17.8. The molecule has 0 fully saturated rings. The molecule has 5 heteroatoms. The summed E-state index contributed by atoms with van der Waals surface area (Å²) in [5, 5.41) is 0. The van der Waals surface area contributed by atoms with E-state index in [1.54, 1.807) is 26.5 Å². The number of hydrogen-bond acceptors (Lipinski definition) is 2. The van der Waals surface area contributed by atoms with Crippen molar-refractivity contribution in [3.8, 4) is 0 Å². The molecule has 1 aromatic heterocycles. The zero-order chi connectivity index (χ0) is 20.4. The SMILES string of the molecule is CC.CC.CC(C)n1cnc2c(F)cccc21.CCC.CN(C)C=O. The van der Waals surface area contributed by atoms with Crippen LogP contribution in [0.15, 0.2) is 24.5 Å². The fourth-order valence-electron chi connectivity index (χ4n) is 1.43. The van der Waals surface area contributed by atoms with E-state index in [-0.39, 0.29) is 5.82 Å². The Bertz CT molecular complexity index is 537. The summed E-state index contributed by atoms with van der Waals surface area (Å²) >= 11 is 0. The van der Waals surface area contributed by atoms with Crippen LogP contribution in [0.2, 0.25) is 0 Å². The highest BCUT2D eigenvalue weighted by atomic mass is 19.1. The van der Waals surface area contributed by atoms with Crippen LogP contribution in [0.5, 0.6) is 0 Å². The minimum atomic E-state index is -0.253. The van der Waals surface area contributed by atoms with Crippen LogP contribution in [-0.2, 0) is 4.79 Å². The van der Waals surface area contributed by atoms with Gasteiger partial charge in [-0.25, -0.2) is 9.37 Å². The van der Waals surface area contributed by atoms with Crippen LogP contribution in [0.4, 0.5) is 4.39 Å². The van der Waals surface area contributed by atoms with Gasteiger partial charge in [0.1, 0.15) is 5.52 Å². The summed E-state index contributed by atoms with van der Waals surface area (Å²) in [6.07, 6.45) is 3.68. The first-order valence-electron chi connectivity index (χ1n) is 9.11. The van der Waals surface area contributed by atoms with Crippen molar-refractivity contribution in [1.82, 2.24) is 14.5 Å². The lowest BCUT2D eigenvalue weighted by Gasteiger charge is -2.06. The average molecular weight is 356 g/mol. The quantitative estimate of drug-likeness (QED) is 0.626. The largest absolute Gasteiger partial charge is 0.351 e. The van der Waals surface area contributed by atoms with Crippen molar-refractivity contribution < 1.29 is 9.18 Å². The van der Waals surface area contributed by atoms with Crippen LogP contribution in [0.25, 0.3) is 11.0 Å². The Hall–Kier alpha value is -1.91. The van der Waals surface area contributed by atoms with Crippen LogP contribution in [0.1, 0.15) is 67.9 Å². The maximum absolute atomic E-state index is 13.2. The Morgan fingerprint density at radius 2 is 1.60 bits per heavy atom. The molecule has 4 nitrogen and oxygen atoms in total. The molecule has 0 unspecified atom stereocenters. The number of halogens is 1. The Labute approximate surface area is 154 Å². The monoisotopic (exact) mass is 355 g/mol. The van der Waals surface area contributed by atoms with Crippen molar-refractivity contribution >= 4 is 17.4 Å². The van der Waals surface area contributed by atoms with Crippen molar-refractivity contribution in [1.29, 1.82) is 0 Å². The molecule has 2 aromatic rings. The third-order valence-corrected chi connectivity index (χ3v) is 2.32. The van der Waals surface area contributed by atoms with Gasteiger partial charge in [0.05, 0.1) is 11.8 Å². The number of fused-ring (bicyclic) bond motifs is 1. The molecule has 0 saturated heterocycles. The van der Waals surface area contributed by atoms with E-state index in [4.69, 9.17) is 0 Å². The minimum Gasteiger partial charge on any atom is -0.351 e. The molecule has 1 heterocycles. The summed E-state index contributed by atoms with van der Waals surface area (Å²) in [6, 6.07) is 5.33. The second-order valence-corrected chi connectivity index (χ2v) is 5.13. The summed E-state index contributed by atoms with van der Waals surface area (Å²) in [5.41, 5.74) is 1.31. The standard InChI is InChI=1S/C10H11FN2.C3H7NO.C3H8.2C2H6/c1-7(2)13-6-12-10-8(11)4-3-5-9(10)13;1-4(2)3-5;1-3-2;2*1-2/h3-7H,1-2H3;3H,1-2H3;3H2,1-2H3;2*1-2H3. The van der Waals surface area contributed by atoms with Crippen LogP contribution < -0.4 is 0 Å². The van der Waals surface area contributed by atoms with Gasteiger partial charge in [-0.15, -0.1) is 0 Å². The lowest BCUT2D eigenvalue weighted by atomic mass is 10.3. The van der Waals surface area contributed by atoms with E-state index in [1.165, 1.54) is 17.4 Å². The van der Waals surface area contributed by atoms with E-state index in [9.17, 15) is 9.18 Å². The molecule has 1 aromatic carbocycles. The smallest absolute Gasteiger partial charge is 0.209 e. The number of nitrogens with zero attached hydrogens (tertiary/aromatic N) is 3. The first-order chi connectivity index (χ1) is 11.9. The van der Waals surface area contributed by atoms with Gasteiger partial charge in [0.2, 0.25) is 6.41 Å². The molecule has 0 aliphatic rings. The number of aromatic nitrogens is 2. The highest BCUT2D eigenvalue weighted by Gasteiger charge is 2.07. The maximum atomic E-state index is 13.2. The topological polar surface area (TPSA) is 38.1 Å². The molecule has 0 bridgehead atoms. The summed E-state index contributed by atoms with van der Waals surface area (Å²) in [5.74, 6) is -0.253. The van der Waals surface area contributed by atoms with Crippen molar-refractivity contribution in [2.75, 3.05) is 14.1 Å². The zero-order valence-corrected chi connectivity index (χ0v) is 17.8. The van der Waals surface area contributed by atoms with E-state index >= 15 is 0 Å². The number of imidazole rings is 1. The van der Waals surface area contributed by atoms with Gasteiger partial charge < -0.3 is 9.47 Å². The number of para-hydroxylation sites is 1. The maximum Gasteiger partial charge on any atom is 0.209 e. The summed E-state index contributed by atoms with van der Waals surface area (Å²) in [7, 11) is 3.38. The van der Waals surface area contributed by atoms with E-state index in [1.807, 2.05) is 52.2 Å². The fourth-order valence-corrected chi connectivity index (χ4v) is 1.43. The molecular weight excluding hydrogens is 317 g/mol. The second kappa shape index (κ2) is 18.4. The number of benzene rings is 1. The molecule has 1 amide bonds. The number of carbonyl (C=O) groups is 1. The Balaban J connectivity index is -0.000000340. The van der Waals surface area contributed by atoms with Gasteiger partial charge in [-0.2, -0.15) is 0 Å². The Kier molecular flexibility index (Phi) is 20.6. The summed E-state index contributed by atoms with van der Waals surface area (Å²) < 4.78 is 15.1. The molecule has 0 saturated carbocycles. The third kappa shape index (κ3) is 12.1. The summed E-state index contributed by atoms with van der Waals surface area (Å²) in [6.45, 7) is 16.3. The molecule has 0 atom stereocenters. The average Bonchev–Trinajstić information content (AvgIpc) is 3.05. The molecule has 0 radical (unpaired) electrons. The van der Waals surface area contributed by atoms with Gasteiger partial charge in [0.15, 0.2) is 5.82 Å². The number of amides is 1. The molecule has 0 N–H and O–H groups in total. The first-order valence-corrected chi connectivity index (χ1v) is 9.11. The van der Waals surface area contributed by atoms with Crippen LogP contribution in [0.3, 0.4) is 0 Å². The second-order valence-electron chi connectivity index (χ2n) is 5.13. The highest BCUT2D eigenvalue weighted by Crippen LogP contribution is 2.19. The minimum absolute atomic E-state index is 0.253. The van der Waals surface area contributed by atoms with Gasteiger partial charge in [-0.3, -0.25) is 4.79 Å². The Morgan fingerprint density at radius 1 is 1.16 bits per heavy atom. The number of rotatable bonds is 2. The van der Waals surface area contributed by atoms with Crippen LogP contribution in [-0.4, -0.2) is 35.0 Å². The van der Waals surface area contributed by atoms with E-state index in [2.05, 4.69) is 18.8 Å². The number of hydrogen-bond donors (Lipinski definition) is 0.